The maximum Gasteiger partial charge on any atom is 0.354 e. The highest BCUT2D eigenvalue weighted by Crippen LogP contribution is 2.41. The van der Waals surface area contributed by atoms with Crippen LogP contribution in [0.5, 0.6) is 5.75 Å². The lowest BCUT2D eigenvalue weighted by molar-refractivity contribution is -0.895. The first-order valence-corrected chi connectivity index (χ1v) is 11.7. The van der Waals surface area contributed by atoms with Gasteiger partial charge in [-0.1, -0.05) is 12.1 Å². The number of hydrogen-bond donors (Lipinski definition) is 3. The highest BCUT2D eigenvalue weighted by Gasteiger charge is 2.47. The summed E-state index contributed by atoms with van der Waals surface area (Å²) in [4.78, 5) is 44.5. The maximum absolute atomic E-state index is 13.3. The van der Waals surface area contributed by atoms with E-state index in [2.05, 4.69) is 18.8 Å². The summed E-state index contributed by atoms with van der Waals surface area (Å²) in [5.41, 5.74) is 2.06. The van der Waals surface area contributed by atoms with Crippen molar-refractivity contribution in [3.63, 3.8) is 0 Å². The normalized spacial score (nSPS) is 17.3. The molecule has 0 bridgehead atoms. The van der Waals surface area contributed by atoms with Gasteiger partial charge in [-0.2, -0.15) is 0 Å². The van der Waals surface area contributed by atoms with Gasteiger partial charge in [0.1, 0.15) is 17.2 Å². The molecule has 9 nitrogen and oxygen atoms in total. The third kappa shape index (κ3) is 4.81. The number of ether oxygens (including phenoxy) is 2. The van der Waals surface area contributed by atoms with Crippen LogP contribution in [0.3, 0.4) is 0 Å². The zero-order valence-electron chi connectivity index (χ0n) is 21.2. The van der Waals surface area contributed by atoms with Gasteiger partial charge < -0.3 is 29.4 Å². The molecule has 0 unspecified atom stereocenters. The number of carbonyl (C=O) groups excluding carboxylic acids is 3. The number of amides is 1. The Bertz CT molecular complexity index is 1160. The number of methoxy groups -OCH3 is 2. The summed E-state index contributed by atoms with van der Waals surface area (Å²) in [7, 11) is 2.81. The smallest absolute Gasteiger partial charge is 0.354 e. The van der Waals surface area contributed by atoms with Crippen molar-refractivity contribution in [1.82, 2.24) is 9.88 Å². The number of aryl methyl sites for hydroxylation is 1. The number of esters is 1. The number of likely N-dealkylation sites (N-methyl/N-ethyl adjacent to an activating group) is 1. The summed E-state index contributed by atoms with van der Waals surface area (Å²) in [5.74, 6) is -1.76. The van der Waals surface area contributed by atoms with Crippen LogP contribution in [-0.4, -0.2) is 73.0 Å². The molecule has 3 rings (SSSR count). The van der Waals surface area contributed by atoms with E-state index in [1.807, 2.05) is 0 Å². The number of aliphatic hydroxyl groups is 1. The van der Waals surface area contributed by atoms with Crippen molar-refractivity contribution in [3.8, 4) is 5.75 Å². The van der Waals surface area contributed by atoms with E-state index in [9.17, 15) is 19.5 Å². The van der Waals surface area contributed by atoms with Gasteiger partial charge >= 0.3 is 5.97 Å². The minimum Gasteiger partial charge on any atom is -0.507 e. The molecule has 1 aromatic heterocycles. The molecule has 1 saturated heterocycles. The molecule has 2 heterocycles. The van der Waals surface area contributed by atoms with E-state index >= 15 is 0 Å². The highest BCUT2D eigenvalue weighted by molar-refractivity contribution is 6.46. The lowest BCUT2D eigenvalue weighted by Crippen LogP contribution is -3.12. The number of likely N-dealkylation sites (tertiary alicyclic amines) is 1. The zero-order valence-corrected chi connectivity index (χ0v) is 21.2. The number of hydrogen-bond acceptors (Lipinski definition) is 6. The van der Waals surface area contributed by atoms with Crippen LogP contribution >= 0.6 is 0 Å². The molecule has 0 spiro atoms. The number of quaternary nitrogens is 1. The van der Waals surface area contributed by atoms with Gasteiger partial charge in [0, 0.05) is 11.3 Å². The quantitative estimate of drug-likeness (QED) is 0.216. The number of H-pyrrole nitrogens is 1. The molecule has 35 heavy (non-hydrogen) atoms. The Kier molecular flexibility index (Phi) is 8.01. The number of aromatic amines is 1. The molecule has 0 radical (unpaired) electrons. The van der Waals surface area contributed by atoms with Crippen molar-refractivity contribution >= 4 is 23.4 Å². The lowest BCUT2D eigenvalue weighted by Gasteiger charge is -2.27. The first kappa shape index (κ1) is 26.0. The Morgan fingerprint density at radius 3 is 2.46 bits per heavy atom. The molecule has 1 aliphatic heterocycles. The van der Waals surface area contributed by atoms with E-state index in [0.29, 0.717) is 41.2 Å². The van der Waals surface area contributed by atoms with Gasteiger partial charge in [-0.15, -0.1) is 0 Å². The molecule has 1 aliphatic rings. The number of Topliss-reactive ketones (excluding diaryl/α,β-unsaturated/α-hetero) is 1. The second-order valence-corrected chi connectivity index (χ2v) is 8.59. The number of rotatable bonds is 9. The van der Waals surface area contributed by atoms with E-state index in [4.69, 9.17) is 9.47 Å². The van der Waals surface area contributed by atoms with Crippen molar-refractivity contribution in [2.45, 2.75) is 33.7 Å². The minimum atomic E-state index is -0.796. The van der Waals surface area contributed by atoms with Gasteiger partial charge in [-0.25, -0.2) is 4.79 Å². The predicted octanol–water partition coefficient (Wildman–Crippen LogP) is 1.77. The topological polar surface area (TPSA) is 113 Å². The van der Waals surface area contributed by atoms with E-state index in [-0.39, 0.29) is 17.0 Å². The molecular weight excluding hydrogens is 450 g/mol. The number of nitrogens with zero attached hydrogens (tertiary/aromatic N) is 1. The van der Waals surface area contributed by atoms with Crippen LogP contribution < -0.4 is 9.64 Å². The van der Waals surface area contributed by atoms with E-state index in [1.165, 1.54) is 16.9 Å². The SMILES string of the molecule is CC[NH+](CC)CCN1C(=O)C(=O)/C(=C(\O)c2c(C)[nH]c(C(=O)OC)c2C)[C@H]1c1cccc(OC)c1. The molecule has 1 atom stereocenters. The second kappa shape index (κ2) is 10.8. The largest absolute Gasteiger partial charge is 0.507 e. The van der Waals surface area contributed by atoms with Crippen LogP contribution in [0.1, 0.15) is 52.8 Å². The van der Waals surface area contributed by atoms with Crippen molar-refractivity contribution in [1.29, 1.82) is 0 Å². The van der Waals surface area contributed by atoms with Crippen molar-refractivity contribution in [2.75, 3.05) is 40.4 Å². The Labute approximate surface area is 205 Å². The van der Waals surface area contributed by atoms with Gasteiger partial charge in [0.25, 0.3) is 11.7 Å². The molecular formula is C26H34N3O6+. The highest BCUT2D eigenvalue weighted by atomic mass is 16.5. The Morgan fingerprint density at radius 2 is 1.86 bits per heavy atom. The summed E-state index contributed by atoms with van der Waals surface area (Å²) in [5, 5.41) is 11.5. The Hall–Kier alpha value is -3.59. The maximum atomic E-state index is 13.3. The molecule has 1 aromatic carbocycles. The van der Waals surface area contributed by atoms with E-state index in [0.717, 1.165) is 13.1 Å². The number of carbonyl (C=O) groups is 3. The fourth-order valence-corrected chi connectivity index (χ4v) is 4.70. The average Bonchev–Trinajstić information content (AvgIpc) is 3.30. The number of aromatic nitrogens is 1. The van der Waals surface area contributed by atoms with E-state index < -0.39 is 23.7 Å². The van der Waals surface area contributed by atoms with Crippen LogP contribution in [0.25, 0.3) is 5.76 Å². The van der Waals surface area contributed by atoms with Crippen LogP contribution in [0.2, 0.25) is 0 Å². The average molecular weight is 485 g/mol. The van der Waals surface area contributed by atoms with Gasteiger partial charge in [-0.3, -0.25) is 9.59 Å². The third-order valence-corrected chi connectivity index (χ3v) is 6.72. The molecule has 0 saturated carbocycles. The fraction of sp³-hybridized carbons (Fsp3) is 0.423. The van der Waals surface area contributed by atoms with Crippen LogP contribution in [-0.2, 0) is 14.3 Å². The van der Waals surface area contributed by atoms with Crippen LogP contribution in [0.4, 0.5) is 0 Å². The van der Waals surface area contributed by atoms with Gasteiger partial charge in [0.05, 0.1) is 52.0 Å². The first-order chi connectivity index (χ1) is 16.7. The van der Waals surface area contributed by atoms with Crippen molar-refractivity contribution < 1.29 is 33.9 Å². The van der Waals surface area contributed by atoms with Crippen LogP contribution in [0.15, 0.2) is 29.8 Å². The summed E-state index contributed by atoms with van der Waals surface area (Å²) >= 11 is 0. The number of nitrogens with one attached hydrogen (secondary N) is 2. The Balaban J connectivity index is 2.20. The molecule has 0 aliphatic carbocycles. The van der Waals surface area contributed by atoms with Crippen molar-refractivity contribution in [3.05, 3.63) is 57.9 Å². The van der Waals surface area contributed by atoms with Gasteiger partial charge in [-0.05, 0) is 51.0 Å². The Morgan fingerprint density at radius 1 is 1.17 bits per heavy atom. The van der Waals surface area contributed by atoms with Crippen molar-refractivity contribution in [2.24, 2.45) is 0 Å². The number of aliphatic hydroxyl groups excluding tert-OH is 1. The summed E-state index contributed by atoms with van der Waals surface area (Å²) in [6.45, 7) is 10.3. The molecule has 188 valence electrons. The van der Waals surface area contributed by atoms with Crippen LogP contribution in [0, 0.1) is 13.8 Å². The van der Waals surface area contributed by atoms with E-state index in [1.54, 1.807) is 45.2 Å². The number of ketones is 1. The standard InChI is InChI=1S/C26H33N3O6/c1-7-28(8-2)12-13-29-22(17-10-9-11-18(14-17)34-5)20(24(31)25(29)32)23(30)19-15(3)21(26(33)35-6)27-16(19)4/h9-11,14,22,27,30H,7-8,12-13H2,1-6H3/p+1/b23-20-/t22-/m1/s1. The molecule has 2 aromatic rings. The first-order valence-electron chi connectivity index (χ1n) is 11.7. The molecule has 9 heteroatoms. The summed E-state index contributed by atoms with van der Waals surface area (Å²) < 4.78 is 10.2. The summed E-state index contributed by atoms with van der Waals surface area (Å²) in [6, 6.07) is 6.33. The van der Waals surface area contributed by atoms with Gasteiger partial charge in [0.15, 0.2) is 0 Å². The second-order valence-electron chi connectivity index (χ2n) is 8.59. The zero-order chi connectivity index (χ0) is 25.9. The lowest BCUT2D eigenvalue weighted by atomic mass is 9.94. The molecule has 3 N–H and O–H groups in total. The third-order valence-electron chi connectivity index (χ3n) is 6.72. The monoisotopic (exact) mass is 484 g/mol. The molecule has 1 amide bonds. The number of benzene rings is 1. The molecule has 1 fully saturated rings. The van der Waals surface area contributed by atoms with Gasteiger partial charge in [0.2, 0.25) is 0 Å². The predicted molar refractivity (Wildman–Crippen MR) is 131 cm³/mol. The minimum absolute atomic E-state index is 0.0144. The summed E-state index contributed by atoms with van der Waals surface area (Å²) in [6.07, 6.45) is 0. The fourth-order valence-electron chi connectivity index (χ4n) is 4.70.